The molecule has 4 heterocycles. The maximum absolute atomic E-state index is 12.5. The van der Waals surface area contributed by atoms with Crippen LogP contribution in [0.5, 0.6) is 0 Å². The number of rotatable bonds is 3. The van der Waals surface area contributed by atoms with Crippen molar-refractivity contribution in [3.05, 3.63) is 46.8 Å². The molecule has 0 saturated carbocycles. The molecule has 1 amide bonds. The number of carbonyl (C=O) groups is 1. The molecule has 2 saturated heterocycles. The molecule has 0 unspecified atom stereocenters. The molecule has 23 heavy (non-hydrogen) atoms. The number of ether oxygens (including phenoxy) is 1. The van der Waals surface area contributed by atoms with Crippen molar-refractivity contribution < 1.29 is 9.53 Å². The van der Waals surface area contributed by atoms with Crippen LogP contribution in [0.2, 0.25) is 0 Å². The third-order valence-electron chi connectivity index (χ3n) is 4.60. The van der Waals surface area contributed by atoms with E-state index in [1.807, 2.05) is 39.9 Å². The third-order valence-corrected chi connectivity index (χ3v) is 5.28. The number of thiophene rings is 1. The minimum absolute atomic E-state index is 0.118. The molecule has 1 spiro atoms. The van der Waals surface area contributed by atoms with E-state index in [1.54, 1.807) is 17.5 Å². The van der Waals surface area contributed by atoms with E-state index in [0.717, 1.165) is 30.8 Å². The van der Waals surface area contributed by atoms with Crippen LogP contribution in [0.1, 0.15) is 23.2 Å². The van der Waals surface area contributed by atoms with E-state index in [0.29, 0.717) is 13.2 Å². The predicted octanol–water partition coefficient (Wildman–Crippen LogP) is 2.63. The highest BCUT2D eigenvalue weighted by Crippen LogP contribution is 2.36. The van der Waals surface area contributed by atoms with Gasteiger partial charge in [-0.2, -0.15) is 11.3 Å². The van der Waals surface area contributed by atoms with Crippen molar-refractivity contribution in [1.82, 2.24) is 9.88 Å². The summed E-state index contributed by atoms with van der Waals surface area (Å²) >= 11 is 1.56. The fourth-order valence-electron chi connectivity index (χ4n) is 3.47. The molecule has 2 aliphatic heterocycles. The van der Waals surface area contributed by atoms with Gasteiger partial charge in [0.1, 0.15) is 5.82 Å². The number of amides is 1. The highest BCUT2D eigenvalue weighted by atomic mass is 32.1. The van der Waals surface area contributed by atoms with Gasteiger partial charge in [-0.1, -0.05) is 6.07 Å². The average molecular weight is 329 g/mol. The second-order valence-electron chi connectivity index (χ2n) is 6.24. The summed E-state index contributed by atoms with van der Waals surface area (Å²) < 4.78 is 6.10. The molecule has 0 bridgehead atoms. The number of nitrogens with zero attached hydrogens (tertiary/aromatic N) is 2. The van der Waals surface area contributed by atoms with Gasteiger partial charge in [-0.05, 0) is 30.0 Å². The van der Waals surface area contributed by atoms with Crippen LogP contribution in [0.25, 0.3) is 0 Å². The van der Waals surface area contributed by atoms with Crippen LogP contribution in [-0.2, 0) is 4.74 Å². The first kappa shape index (κ1) is 14.7. The topological polar surface area (TPSA) is 54.5 Å². The van der Waals surface area contributed by atoms with E-state index in [1.165, 1.54) is 0 Å². The lowest BCUT2D eigenvalue weighted by atomic mass is 9.97. The third kappa shape index (κ3) is 2.96. The Kier molecular flexibility index (Phi) is 3.79. The lowest BCUT2D eigenvalue weighted by Gasteiger charge is -2.23. The second kappa shape index (κ2) is 5.94. The van der Waals surface area contributed by atoms with Crippen molar-refractivity contribution in [2.45, 2.75) is 24.5 Å². The standard InChI is InChI=1S/C17H19N3O2S/c21-16(13-4-8-23-11-13)20-7-5-17(12-20)9-14(10-22-17)19-15-3-1-2-6-18-15/h1-4,6,8,11,14H,5,7,9-10,12H2,(H,18,19)/t14-,17+/m0/s1. The Hall–Kier alpha value is -1.92. The molecule has 1 N–H and O–H groups in total. The predicted molar refractivity (Wildman–Crippen MR) is 89.8 cm³/mol. The van der Waals surface area contributed by atoms with Gasteiger partial charge in [-0.3, -0.25) is 4.79 Å². The maximum Gasteiger partial charge on any atom is 0.254 e. The molecule has 4 rings (SSSR count). The molecular formula is C17H19N3O2S. The molecule has 2 aliphatic rings. The summed E-state index contributed by atoms with van der Waals surface area (Å²) in [5, 5.41) is 7.28. The smallest absolute Gasteiger partial charge is 0.254 e. The Balaban J connectivity index is 1.38. The number of nitrogens with one attached hydrogen (secondary N) is 1. The van der Waals surface area contributed by atoms with Crippen LogP contribution >= 0.6 is 11.3 Å². The summed E-state index contributed by atoms with van der Waals surface area (Å²) in [6, 6.07) is 7.98. The van der Waals surface area contributed by atoms with Crippen LogP contribution in [0, 0.1) is 0 Å². The van der Waals surface area contributed by atoms with Crippen molar-refractivity contribution >= 4 is 23.1 Å². The quantitative estimate of drug-likeness (QED) is 0.940. The monoisotopic (exact) mass is 329 g/mol. The van der Waals surface area contributed by atoms with Crippen molar-refractivity contribution in [2.24, 2.45) is 0 Å². The van der Waals surface area contributed by atoms with Crippen molar-refractivity contribution in [2.75, 3.05) is 25.0 Å². The summed E-state index contributed by atoms with van der Waals surface area (Å²) in [6.07, 6.45) is 3.60. The highest BCUT2D eigenvalue weighted by Gasteiger charge is 2.46. The first-order chi connectivity index (χ1) is 11.2. The Labute approximate surface area is 139 Å². The molecule has 0 aliphatic carbocycles. The molecule has 2 atom stereocenters. The average Bonchev–Trinajstić information content (AvgIpc) is 3.31. The van der Waals surface area contributed by atoms with Crippen molar-refractivity contribution in [3.8, 4) is 0 Å². The van der Waals surface area contributed by atoms with Gasteiger partial charge in [0.2, 0.25) is 0 Å². The molecule has 2 aromatic heterocycles. The van der Waals surface area contributed by atoms with Gasteiger partial charge >= 0.3 is 0 Å². The number of hydrogen-bond donors (Lipinski definition) is 1. The summed E-state index contributed by atoms with van der Waals surface area (Å²) in [6.45, 7) is 2.12. The number of anilines is 1. The van der Waals surface area contributed by atoms with Gasteiger partial charge in [0, 0.05) is 24.5 Å². The molecule has 120 valence electrons. The van der Waals surface area contributed by atoms with E-state index in [9.17, 15) is 4.79 Å². The number of pyridine rings is 1. The van der Waals surface area contributed by atoms with Gasteiger partial charge in [0.25, 0.3) is 5.91 Å². The molecule has 0 aromatic carbocycles. The fourth-order valence-corrected chi connectivity index (χ4v) is 4.10. The van der Waals surface area contributed by atoms with Gasteiger partial charge in [0.15, 0.2) is 0 Å². The minimum Gasteiger partial charge on any atom is -0.371 e. The molecule has 2 fully saturated rings. The number of likely N-dealkylation sites (tertiary alicyclic amines) is 1. The highest BCUT2D eigenvalue weighted by molar-refractivity contribution is 7.08. The van der Waals surface area contributed by atoms with E-state index in [4.69, 9.17) is 4.74 Å². The lowest BCUT2D eigenvalue weighted by molar-refractivity contribution is 0.0125. The SMILES string of the molecule is O=C(c1ccsc1)N1CC[C@@]2(C[C@H](Nc3ccccn3)CO2)C1. The van der Waals surface area contributed by atoms with Crippen molar-refractivity contribution in [3.63, 3.8) is 0 Å². The number of aromatic nitrogens is 1. The summed E-state index contributed by atoms with van der Waals surface area (Å²) in [7, 11) is 0. The van der Waals surface area contributed by atoms with Gasteiger partial charge in [-0.25, -0.2) is 4.98 Å². The summed E-state index contributed by atoms with van der Waals surface area (Å²) in [5.41, 5.74) is 0.589. The lowest BCUT2D eigenvalue weighted by Crippen LogP contribution is -2.36. The Morgan fingerprint density at radius 2 is 2.39 bits per heavy atom. The van der Waals surface area contributed by atoms with Crippen LogP contribution in [0.4, 0.5) is 5.82 Å². The zero-order valence-corrected chi connectivity index (χ0v) is 13.6. The van der Waals surface area contributed by atoms with Crippen LogP contribution < -0.4 is 5.32 Å². The number of carbonyl (C=O) groups excluding carboxylic acids is 1. The maximum atomic E-state index is 12.5. The Morgan fingerprint density at radius 3 is 3.17 bits per heavy atom. The van der Waals surface area contributed by atoms with E-state index in [2.05, 4.69) is 10.3 Å². The largest absolute Gasteiger partial charge is 0.371 e. The first-order valence-electron chi connectivity index (χ1n) is 7.87. The molecule has 5 nitrogen and oxygen atoms in total. The van der Waals surface area contributed by atoms with E-state index < -0.39 is 0 Å². The summed E-state index contributed by atoms with van der Waals surface area (Å²) in [4.78, 5) is 18.7. The number of hydrogen-bond acceptors (Lipinski definition) is 5. The van der Waals surface area contributed by atoms with Gasteiger partial charge < -0.3 is 15.0 Å². The zero-order chi connectivity index (χ0) is 15.7. The van der Waals surface area contributed by atoms with E-state index in [-0.39, 0.29) is 17.6 Å². The second-order valence-corrected chi connectivity index (χ2v) is 7.02. The molecule has 2 aromatic rings. The van der Waals surface area contributed by atoms with Gasteiger partial charge in [0.05, 0.1) is 30.4 Å². The first-order valence-corrected chi connectivity index (χ1v) is 8.81. The Morgan fingerprint density at radius 1 is 1.43 bits per heavy atom. The van der Waals surface area contributed by atoms with Crippen LogP contribution in [0.15, 0.2) is 41.2 Å². The molecular weight excluding hydrogens is 310 g/mol. The fraction of sp³-hybridized carbons (Fsp3) is 0.412. The summed E-state index contributed by atoms with van der Waals surface area (Å²) in [5.74, 6) is 0.996. The normalized spacial score (nSPS) is 26.8. The van der Waals surface area contributed by atoms with Gasteiger partial charge in [-0.15, -0.1) is 0 Å². The minimum atomic E-state index is -0.196. The Bertz CT molecular complexity index is 676. The molecule has 0 radical (unpaired) electrons. The van der Waals surface area contributed by atoms with Crippen LogP contribution in [-0.4, -0.2) is 47.1 Å². The zero-order valence-electron chi connectivity index (χ0n) is 12.8. The molecule has 6 heteroatoms. The van der Waals surface area contributed by atoms with E-state index >= 15 is 0 Å². The van der Waals surface area contributed by atoms with Crippen LogP contribution in [0.3, 0.4) is 0 Å². The van der Waals surface area contributed by atoms with Crippen molar-refractivity contribution in [1.29, 1.82) is 0 Å².